The lowest BCUT2D eigenvalue weighted by molar-refractivity contribution is 0.0659. The molecule has 0 amide bonds. The first-order valence-electron chi connectivity index (χ1n) is 9.38. The van der Waals surface area contributed by atoms with E-state index in [1.165, 1.54) is 4.68 Å². The highest BCUT2D eigenvalue weighted by Crippen LogP contribution is 2.41. The van der Waals surface area contributed by atoms with Crippen LogP contribution in [-0.2, 0) is 0 Å². The molecule has 0 radical (unpaired) electrons. The van der Waals surface area contributed by atoms with Crippen molar-refractivity contribution in [2.24, 2.45) is 0 Å². The van der Waals surface area contributed by atoms with Gasteiger partial charge in [0, 0.05) is 6.07 Å². The maximum atomic E-state index is 13.9. The molecule has 8 heteroatoms. The number of anilines is 1. The van der Waals surface area contributed by atoms with Crippen molar-refractivity contribution >= 4 is 11.5 Å². The van der Waals surface area contributed by atoms with Crippen LogP contribution in [0.25, 0.3) is 16.1 Å². The van der Waals surface area contributed by atoms with E-state index in [0.717, 1.165) is 11.1 Å². The SMILES string of the molecule is [C-]#[N+]c1ccc(-c2cc3n(n2)C(C(F)F)CC(c2ccc(OC)c(OC)c2)N3)cc1. The van der Waals surface area contributed by atoms with Gasteiger partial charge >= 0.3 is 0 Å². The predicted octanol–water partition coefficient (Wildman–Crippen LogP) is 5.48. The van der Waals surface area contributed by atoms with E-state index in [0.29, 0.717) is 28.7 Å². The maximum Gasteiger partial charge on any atom is 0.260 e. The molecule has 0 saturated heterocycles. The van der Waals surface area contributed by atoms with Crippen LogP contribution in [-0.4, -0.2) is 30.4 Å². The molecule has 2 heterocycles. The van der Waals surface area contributed by atoms with E-state index in [1.807, 2.05) is 6.07 Å². The zero-order valence-electron chi connectivity index (χ0n) is 16.5. The third kappa shape index (κ3) is 3.54. The molecule has 30 heavy (non-hydrogen) atoms. The fourth-order valence-corrected chi connectivity index (χ4v) is 3.68. The summed E-state index contributed by atoms with van der Waals surface area (Å²) in [6, 6.07) is 12.7. The summed E-state index contributed by atoms with van der Waals surface area (Å²) >= 11 is 0. The fourth-order valence-electron chi connectivity index (χ4n) is 3.68. The largest absolute Gasteiger partial charge is 0.493 e. The second-order valence-corrected chi connectivity index (χ2v) is 6.97. The van der Waals surface area contributed by atoms with E-state index < -0.39 is 12.5 Å². The van der Waals surface area contributed by atoms with Gasteiger partial charge in [-0.1, -0.05) is 30.3 Å². The number of aromatic nitrogens is 2. The fraction of sp³-hybridized carbons (Fsp3) is 0.273. The lowest BCUT2D eigenvalue weighted by Gasteiger charge is -2.32. The van der Waals surface area contributed by atoms with E-state index in [1.54, 1.807) is 56.7 Å². The number of nitrogens with zero attached hydrogens (tertiary/aromatic N) is 3. The van der Waals surface area contributed by atoms with Crippen molar-refractivity contribution in [2.45, 2.75) is 24.9 Å². The zero-order chi connectivity index (χ0) is 21.3. The highest BCUT2D eigenvalue weighted by atomic mass is 19.3. The average molecular weight is 410 g/mol. The summed E-state index contributed by atoms with van der Waals surface area (Å²) in [6.45, 7) is 7.05. The first-order valence-corrected chi connectivity index (χ1v) is 9.38. The van der Waals surface area contributed by atoms with Crippen molar-refractivity contribution in [3.05, 3.63) is 65.5 Å². The smallest absolute Gasteiger partial charge is 0.260 e. The van der Waals surface area contributed by atoms with Crippen LogP contribution in [0.5, 0.6) is 11.5 Å². The molecule has 1 aliphatic rings. The summed E-state index contributed by atoms with van der Waals surface area (Å²) in [6.07, 6.45) is -2.39. The highest BCUT2D eigenvalue weighted by molar-refractivity contribution is 5.66. The number of fused-ring (bicyclic) bond motifs is 1. The molecule has 0 aliphatic carbocycles. The highest BCUT2D eigenvalue weighted by Gasteiger charge is 2.35. The number of alkyl halides is 2. The maximum absolute atomic E-state index is 13.9. The van der Waals surface area contributed by atoms with Gasteiger partial charge in [0.1, 0.15) is 11.9 Å². The van der Waals surface area contributed by atoms with Crippen molar-refractivity contribution in [3.8, 4) is 22.8 Å². The van der Waals surface area contributed by atoms with Crippen LogP contribution < -0.4 is 14.8 Å². The van der Waals surface area contributed by atoms with E-state index in [9.17, 15) is 8.78 Å². The predicted molar refractivity (Wildman–Crippen MR) is 109 cm³/mol. The topological polar surface area (TPSA) is 52.7 Å². The van der Waals surface area contributed by atoms with E-state index in [-0.39, 0.29) is 12.5 Å². The number of rotatable bonds is 5. The quantitative estimate of drug-likeness (QED) is 0.566. The monoisotopic (exact) mass is 410 g/mol. The molecule has 2 aromatic carbocycles. The van der Waals surface area contributed by atoms with E-state index >= 15 is 0 Å². The Morgan fingerprint density at radius 2 is 1.83 bits per heavy atom. The molecule has 1 aromatic heterocycles. The first-order chi connectivity index (χ1) is 14.5. The van der Waals surface area contributed by atoms with E-state index in [4.69, 9.17) is 16.0 Å². The van der Waals surface area contributed by atoms with Gasteiger partial charge in [-0.15, -0.1) is 0 Å². The molecular formula is C22H20F2N4O2. The Labute approximate surface area is 172 Å². The molecule has 0 spiro atoms. The Hall–Kier alpha value is -3.60. The van der Waals surface area contributed by atoms with Crippen molar-refractivity contribution in [1.82, 2.24) is 9.78 Å². The Bertz CT molecular complexity index is 1090. The number of benzene rings is 2. The average Bonchev–Trinajstić information content (AvgIpc) is 3.22. The Morgan fingerprint density at radius 3 is 2.47 bits per heavy atom. The zero-order valence-corrected chi connectivity index (χ0v) is 16.5. The van der Waals surface area contributed by atoms with Crippen LogP contribution in [0.15, 0.2) is 48.5 Å². The molecule has 1 aliphatic heterocycles. The molecule has 6 nitrogen and oxygen atoms in total. The van der Waals surface area contributed by atoms with Gasteiger partial charge in [0.15, 0.2) is 17.2 Å². The first kappa shape index (κ1) is 19.7. The van der Waals surface area contributed by atoms with E-state index in [2.05, 4.69) is 15.3 Å². The normalized spacial score (nSPS) is 17.7. The number of halogens is 2. The molecule has 2 unspecified atom stereocenters. The molecular weight excluding hydrogens is 390 g/mol. The Balaban J connectivity index is 1.69. The van der Waals surface area contributed by atoms with Crippen LogP contribution in [0.4, 0.5) is 20.3 Å². The minimum Gasteiger partial charge on any atom is -0.493 e. The number of nitrogens with one attached hydrogen (secondary N) is 1. The van der Waals surface area contributed by atoms with Gasteiger partial charge in [-0.05, 0) is 29.7 Å². The minimum atomic E-state index is -2.56. The van der Waals surface area contributed by atoms with Crippen LogP contribution in [0.1, 0.15) is 24.1 Å². The van der Waals surface area contributed by atoms with Gasteiger partial charge in [-0.3, -0.25) is 0 Å². The number of ether oxygens (including phenoxy) is 2. The number of methoxy groups -OCH3 is 2. The van der Waals surface area contributed by atoms with Crippen LogP contribution in [0.2, 0.25) is 0 Å². The second-order valence-electron chi connectivity index (χ2n) is 6.97. The van der Waals surface area contributed by atoms with Crippen molar-refractivity contribution in [2.75, 3.05) is 19.5 Å². The molecule has 3 aromatic rings. The van der Waals surface area contributed by atoms with Gasteiger partial charge in [0.2, 0.25) is 0 Å². The molecule has 0 saturated carbocycles. The summed E-state index contributed by atoms with van der Waals surface area (Å²) in [4.78, 5) is 3.37. The molecule has 154 valence electrons. The minimum absolute atomic E-state index is 0.179. The van der Waals surface area contributed by atoms with Gasteiger partial charge in [0.05, 0.1) is 32.5 Å². The summed E-state index contributed by atoms with van der Waals surface area (Å²) in [5.41, 5.74) is 2.68. The van der Waals surface area contributed by atoms with Crippen LogP contribution in [0.3, 0.4) is 0 Å². The molecule has 2 atom stereocenters. The summed E-state index contributed by atoms with van der Waals surface area (Å²) in [5.74, 6) is 1.65. The van der Waals surface area contributed by atoms with Gasteiger partial charge in [-0.25, -0.2) is 18.3 Å². The lowest BCUT2D eigenvalue weighted by Crippen LogP contribution is -2.30. The van der Waals surface area contributed by atoms with Gasteiger partial charge in [0.25, 0.3) is 6.43 Å². The van der Waals surface area contributed by atoms with Gasteiger partial charge < -0.3 is 14.8 Å². The summed E-state index contributed by atoms with van der Waals surface area (Å²) in [5, 5.41) is 7.74. The summed E-state index contributed by atoms with van der Waals surface area (Å²) in [7, 11) is 3.09. The van der Waals surface area contributed by atoms with Crippen molar-refractivity contribution < 1.29 is 18.3 Å². The molecule has 1 N–H and O–H groups in total. The molecule has 0 bridgehead atoms. The molecule has 0 fully saturated rings. The van der Waals surface area contributed by atoms with Crippen LogP contribution in [0, 0.1) is 6.57 Å². The second kappa shape index (κ2) is 8.03. The third-order valence-electron chi connectivity index (χ3n) is 5.24. The Kier molecular flexibility index (Phi) is 5.27. The lowest BCUT2D eigenvalue weighted by atomic mass is 9.97. The third-order valence-corrected chi connectivity index (χ3v) is 5.24. The van der Waals surface area contributed by atoms with Crippen molar-refractivity contribution in [3.63, 3.8) is 0 Å². The summed E-state index contributed by atoms with van der Waals surface area (Å²) < 4.78 is 39.8. The van der Waals surface area contributed by atoms with Crippen LogP contribution >= 0.6 is 0 Å². The standard InChI is InChI=1S/C22H20F2N4O2/c1-25-15-7-4-13(5-8-15)17-12-21-26-16(11-18(22(23)24)28(21)27-17)14-6-9-19(29-2)20(10-14)30-3/h4-10,12,16,18,22,26H,11H2,2-3H3. The number of hydrogen-bond donors (Lipinski definition) is 1. The molecule has 4 rings (SSSR count). The van der Waals surface area contributed by atoms with Gasteiger partial charge in [-0.2, -0.15) is 5.10 Å². The number of hydrogen-bond acceptors (Lipinski definition) is 4. The Morgan fingerprint density at radius 1 is 1.10 bits per heavy atom. The van der Waals surface area contributed by atoms with Crippen molar-refractivity contribution in [1.29, 1.82) is 0 Å².